The second-order valence-electron chi connectivity index (χ2n) is 8.39. The number of nitrogens with one attached hydrogen (secondary N) is 1. The van der Waals surface area contributed by atoms with E-state index < -0.39 is 28.3 Å². The first kappa shape index (κ1) is 28.4. The molecule has 0 spiro atoms. The molecule has 1 N–H and O–H groups in total. The van der Waals surface area contributed by atoms with Crippen LogP contribution >= 0.6 is 35.4 Å². The molecule has 1 aliphatic heterocycles. The van der Waals surface area contributed by atoms with E-state index in [2.05, 4.69) is 5.32 Å². The second-order valence-corrected chi connectivity index (χ2v) is 9.62. The number of piperazine rings is 1. The summed E-state index contributed by atoms with van der Waals surface area (Å²) in [5.74, 6) is 0.408. The minimum Gasteiger partial charge on any atom is -0.457 e. The molecule has 0 atom stereocenters. The monoisotopic (exact) mass is 598 g/mol. The van der Waals surface area contributed by atoms with E-state index in [9.17, 15) is 28.1 Å². The molecule has 2 aromatic carbocycles. The number of alkyl halides is 3. The molecule has 0 saturated carbocycles. The average molecular weight is 599 g/mol. The molecule has 0 unspecified atom stereocenters. The molecule has 1 saturated heterocycles. The minimum atomic E-state index is -4.69. The van der Waals surface area contributed by atoms with Crippen molar-refractivity contribution in [2.24, 2.45) is 0 Å². The maximum Gasteiger partial charge on any atom is 0.416 e. The largest absolute Gasteiger partial charge is 0.457 e. The lowest BCUT2D eigenvalue weighted by Crippen LogP contribution is -2.52. The number of carbonyl (C=O) groups excluding carboxylic acids is 1. The van der Waals surface area contributed by atoms with Gasteiger partial charge < -0.3 is 14.2 Å². The SMILES string of the molecule is O=C(C=Cc1ccc(-c2ccc(Cl)cc2Cl)o1)NC(=S)N1CCN(c2ccc(C(F)(F)F)cc2[N+](=O)[O-])CC1. The predicted molar refractivity (Wildman–Crippen MR) is 146 cm³/mol. The zero-order chi connectivity index (χ0) is 28.3. The van der Waals surface area contributed by atoms with Crippen molar-refractivity contribution in [3.05, 3.63) is 86.1 Å². The third-order valence-corrected chi connectivity index (χ3v) is 6.77. The molecular formula is C25H19Cl2F3N4O4S. The van der Waals surface area contributed by atoms with Gasteiger partial charge in [0.05, 0.1) is 15.5 Å². The molecule has 2 heterocycles. The molecule has 3 aromatic rings. The van der Waals surface area contributed by atoms with Crippen LogP contribution in [0, 0.1) is 10.1 Å². The lowest BCUT2D eigenvalue weighted by Gasteiger charge is -2.36. The normalized spacial score (nSPS) is 14.1. The van der Waals surface area contributed by atoms with Crippen LogP contribution in [0.5, 0.6) is 0 Å². The zero-order valence-corrected chi connectivity index (χ0v) is 22.2. The number of furan rings is 1. The number of anilines is 1. The van der Waals surface area contributed by atoms with Crippen LogP contribution < -0.4 is 10.2 Å². The van der Waals surface area contributed by atoms with Crippen LogP contribution in [0.4, 0.5) is 24.5 Å². The topological polar surface area (TPSA) is 91.9 Å². The van der Waals surface area contributed by atoms with Gasteiger partial charge in [0, 0.05) is 48.9 Å². The Morgan fingerprint density at radius 3 is 2.44 bits per heavy atom. The summed E-state index contributed by atoms with van der Waals surface area (Å²) in [7, 11) is 0. The molecule has 1 amide bonds. The van der Waals surface area contributed by atoms with Crippen LogP contribution in [-0.2, 0) is 11.0 Å². The smallest absolute Gasteiger partial charge is 0.416 e. The van der Waals surface area contributed by atoms with Crippen molar-refractivity contribution in [2.45, 2.75) is 6.18 Å². The van der Waals surface area contributed by atoms with E-state index in [0.29, 0.717) is 46.3 Å². The first-order valence-electron chi connectivity index (χ1n) is 11.4. The minimum absolute atomic E-state index is 0.0863. The Balaban J connectivity index is 1.33. The van der Waals surface area contributed by atoms with Gasteiger partial charge in [-0.2, -0.15) is 13.2 Å². The molecule has 0 radical (unpaired) electrons. The summed E-state index contributed by atoms with van der Waals surface area (Å²) in [4.78, 5) is 26.3. The van der Waals surface area contributed by atoms with Crippen molar-refractivity contribution in [2.75, 3.05) is 31.1 Å². The van der Waals surface area contributed by atoms with Crippen molar-refractivity contribution in [1.29, 1.82) is 0 Å². The lowest BCUT2D eigenvalue weighted by atomic mass is 10.1. The van der Waals surface area contributed by atoms with Gasteiger partial charge in [-0.15, -0.1) is 0 Å². The Morgan fingerprint density at radius 1 is 1.08 bits per heavy atom. The van der Waals surface area contributed by atoms with E-state index in [0.717, 1.165) is 12.1 Å². The lowest BCUT2D eigenvalue weighted by molar-refractivity contribution is -0.384. The second kappa shape index (κ2) is 11.6. The molecule has 1 fully saturated rings. The molecule has 1 aliphatic rings. The number of hydrogen-bond acceptors (Lipinski definition) is 6. The van der Waals surface area contributed by atoms with E-state index >= 15 is 0 Å². The van der Waals surface area contributed by atoms with Gasteiger partial charge in [-0.25, -0.2) is 0 Å². The summed E-state index contributed by atoms with van der Waals surface area (Å²) in [5.41, 5.74) is -0.984. The van der Waals surface area contributed by atoms with Gasteiger partial charge in [0.2, 0.25) is 5.91 Å². The van der Waals surface area contributed by atoms with Crippen LogP contribution in [0.15, 0.2) is 59.0 Å². The highest BCUT2D eigenvalue weighted by molar-refractivity contribution is 7.80. The van der Waals surface area contributed by atoms with Gasteiger partial charge >= 0.3 is 6.18 Å². The van der Waals surface area contributed by atoms with Gasteiger partial charge in [0.15, 0.2) is 5.11 Å². The molecule has 1 aromatic heterocycles. The number of halogens is 5. The summed E-state index contributed by atoms with van der Waals surface area (Å²) in [6, 6.07) is 10.8. The number of benzene rings is 2. The number of carbonyl (C=O) groups is 1. The molecule has 0 bridgehead atoms. The maximum atomic E-state index is 13.0. The fourth-order valence-electron chi connectivity index (χ4n) is 3.92. The van der Waals surface area contributed by atoms with Gasteiger partial charge in [-0.05, 0) is 60.8 Å². The van der Waals surface area contributed by atoms with Crippen molar-refractivity contribution >= 4 is 63.9 Å². The average Bonchev–Trinajstić information content (AvgIpc) is 3.35. The van der Waals surface area contributed by atoms with Gasteiger partial charge in [0.1, 0.15) is 17.2 Å². The number of rotatable bonds is 5. The number of nitro benzene ring substituents is 1. The van der Waals surface area contributed by atoms with Crippen LogP contribution in [-0.4, -0.2) is 47.0 Å². The van der Waals surface area contributed by atoms with Gasteiger partial charge in [-0.1, -0.05) is 23.2 Å². The quantitative estimate of drug-likeness (QED) is 0.157. The number of hydrogen-bond donors (Lipinski definition) is 1. The zero-order valence-electron chi connectivity index (χ0n) is 19.9. The van der Waals surface area contributed by atoms with Crippen LogP contribution in [0.3, 0.4) is 0 Å². The molecule has 8 nitrogen and oxygen atoms in total. The van der Waals surface area contributed by atoms with E-state index in [1.54, 1.807) is 40.1 Å². The Labute approximate surface area is 235 Å². The Morgan fingerprint density at radius 2 is 1.79 bits per heavy atom. The number of amides is 1. The Hall–Kier alpha value is -3.61. The fourth-order valence-corrected chi connectivity index (χ4v) is 4.71. The summed E-state index contributed by atoms with van der Waals surface area (Å²) < 4.78 is 44.7. The Kier molecular flexibility index (Phi) is 8.48. The van der Waals surface area contributed by atoms with Crippen molar-refractivity contribution in [1.82, 2.24) is 10.2 Å². The Bertz CT molecular complexity index is 1450. The van der Waals surface area contributed by atoms with Crippen LogP contribution in [0.2, 0.25) is 10.0 Å². The van der Waals surface area contributed by atoms with Gasteiger partial charge in [-0.3, -0.25) is 20.2 Å². The molecule has 4 rings (SSSR count). The van der Waals surface area contributed by atoms with E-state index in [-0.39, 0.29) is 23.9 Å². The summed E-state index contributed by atoms with van der Waals surface area (Å²) in [5, 5.41) is 15.1. The number of nitro groups is 1. The summed E-state index contributed by atoms with van der Waals surface area (Å²) in [6.45, 7) is 1.09. The van der Waals surface area contributed by atoms with Crippen molar-refractivity contribution < 1.29 is 27.3 Å². The first-order valence-corrected chi connectivity index (χ1v) is 12.5. The summed E-state index contributed by atoms with van der Waals surface area (Å²) in [6.07, 6.45) is -1.97. The maximum absolute atomic E-state index is 13.0. The first-order chi connectivity index (χ1) is 18.4. The van der Waals surface area contributed by atoms with Crippen molar-refractivity contribution in [3.8, 4) is 11.3 Å². The van der Waals surface area contributed by atoms with Crippen LogP contribution in [0.25, 0.3) is 17.4 Å². The van der Waals surface area contributed by atoms with Crippen molar-refractivity contribution in [3.63, 3.8) is 0 Å². The number of nitrogens with zero attached hydrogens (tertiary/aromatic N) is 3. The molecular weight excluding hydrogens is 580 g/mol. The fraction of sp³-hybridized carbons (Fsp3) is 0.200. The highest BCUT2D eigenvalue weighted by Gasteiger charge is 2.34. The summed E-state index contributed by atoms with van der Waals surface area (Å²) >= 11 is 17.4. The molecule has 39 heavy (non-hydrogen) atoms. The van der Waals surface area contributed by atoms with E-state index in [1.165, 1.54) is 12.2 Å². The van der Waals surface area contributed by atoms with Gasteiger partial charge in [0.25, 0.3) is 5.69 Å². The van der Waals surface area contributed by atoms with E-state index in [1.807, 2.05) is 0 Å². The molecule has 0 aliphatic carbocycles. The number of thiocarbonyl (C=S) groups is 1. The highest BCUT2D eigenvalue weighted by atomic mass is 35.5. The third kappa shape index (κ3) is 6.88. The molecule has 14 heteroatoms. The van der Waals surface area contributed by atoms with E-state index in [4.69, 9.17) is 39.8 Å². The predicted octanol–water partition coefficient (Wildman–Crippen LogP) is 6.42. The third-order valence-electron chi connectivity index (χ3n) is 5.86. The standard InChI is InChI=1S/C25H19Cl2F3N4O4S/c26-16-2-5-18(19(27)14-16)22-7-3-17(38-22)4-8-23(35)31-24(39)33-11-9-32(10-12-33)20-6-1-15(25(28,29)30)13-21(20)34(36)37/h1-8,13-14H,9-12H2,(H,31,35,39). The molecule has 204 valence electrons. The highest BCUT2D eigenvalue weighted by Crippen LogP contribution is 2.37. The van der Waals surface area contributed by atoms with Crippen LogP contribution in [0.1, 0.15) is 11.3 Å².